The van der Waals surface area contributed by atoms with Crippen molar-refractivity contribution in [1.82, 2.24) is 4.98 Å². The zero-order valence-electron chi connectivity index (χ0n) is 9.77. The predicted octanol–water partition coefficient (Wildman–Crippen LogP) is 2.80. The number of carbonyl (C=O) groups is 1. The molecular formula is C11H14N2O2S2. The van der Waals surface area contributed by atoms with Crippen LogP contribution in [-0.2, 0) is 11.2 Å². The van der Waals surface area contributed by atoms with E-state index in [1.54, 1.807) is 17.1 Å². The van der Waals surface area contributed by atoms with Gasteiger partial charge in [0.25, 0.3) is 0 Å². The Morgan fingerprint density at radius 1 is 1.71 bits per heavy atom. The molecule has 0 aromatic carbocycles. The summed E-state index contributed by atoms with van der Waals surface area (Å²) in [6.45, 7) is 3.82. The van der Waals surface area contributed by atoms with E-state index in [0.717, 1.165) is 16.5 Å². The van der Waals surface area contributed by atoms with Crippen LogP contribution in [0.3, 0.4) is 0 Å². The minimum atomic E-state index is -0.863. The number of rotatable bonds is 6. The maximum Gasteiger partial charge on any atom is 0.309 e. The van der Waals surface area contributed by atoms with E-state index in [-0.39, 0.29) is 11.8 Å². The van der Waals surface area contributed by atoms with Gasteiger partial charge in [0.1, 0.15) is 4.34 Å². The Labute approximate surface area is 109 Å². The van der Waals surface area contributed by atoms with Gasteiger partial charge in [-0.3, -0.25) is 4.79 Å². The molecule has 1 aromatic rings. The van der Waals surface area contributed by atoms with Gasteiger partial charge in [-0.25, -0.2) is 4.98 Å². The monoisotopic (exact) mass is 270 g/mol. The van der Waals surface area contributed by atoms with Gasteiger partial charge in [-0.1, -0.05) is 11.8 Å². The molecule has 0 aliphatic rings. The minimum Gasteiger partial charge on any atom is -0.481 e. The van der Waals surface area contributed by atoms with Crippen molar-refractivity contribution in [1.29, 1.82) is 5.26 Å². The van der Waals surface area contributed by atoms with Gasteiger partial charge in [0.05, 0.1) is 23.6 Å². The molecule has 1 rings (SSSR count). The predicted molar refractivity (Wildman–Crippen MR) is 68.2 cm³/mol. The molecule has 0 saturated carbocycles. The van der Waals surface area contributed by atoms with Crippen LogP contribution in [0.15, 0.2) is 9.72 Å². The molecule has 0 unspecified atom stereocenters. The van der Waals surface area contributed by atoms with Gasteiger partial charge in [-0.15, -0.1) is 11.3 Å². The lowest BCUT2D eigenvalue weighted by Gasteiger charge is -2.13. The molecule has 0 saturated heterocycles. The number of hydrogen-bond donors (Lipinski definition) is 1. The van der Waals surface area contributed by atoms with Crippen LogP contribution >= 0.6 is 23.1 Å². The first-order valence-corrected chi connectivity index (χ1v) is 7.00. The molecule has 92 valence electrons. The van der Waals surface area contributed by atoms with Crippen molar-refractivity contribution >= 4 is 29.1 Å². The summed E-state index contributed by atoms with van der Waals surface area (Å²) in [5.41, 5.74) is 0.290. The van der Waals surface area contributed by atoms with E-state index in [1.807, 2.05) is 13.8 Å². The highest BCUT2D eigenvalue weighted by molar-refractivity contribution is 8.01. The van der Waals surface area contributed by atoms with Gasteiger partial charge >= 0.3 is 5.97 Å². The maximum atomic E-state index is 10.5. The highest BCUT2D eigenvalue weighted by Crippen LogP contribution is 2.28. The van der Waals surface area contributed by atoms with E-state index in [9.17, 15) is 4.79 Å². The first kappa shape index (κ1) is 14.0. The van der Waals surface area contributed by atoms with Gasteiger partial charge in [0, 0.05) is 11.1 Å². The van der Waals surface area contributed by atoms with Crippen molar-refractivity contribution in [3.05, 3.63) is 11.1 Å². The molecule has 1 N–H and O–H groups in total. The lowest BCUT2D eigenvalue weighted by atomic mass is 9.93. The molecule has 0 bridgehead atoms. The molecule has 6 heteroatoms. The Kier molecular flexibility index (Phi) is 4.97. The fourth-order valence-corrected chi connectivity index (χ4v) is 3.22. The van der Waals surface area contributed by atoms with Crippen molar-refractivity contribution in [3.63, 3.8) is 0 Å². The molecule has 0 aliphatic heterocycles. The molecule has 0 spiro atoms. The van der Waals surface area contributed by atoms with Crippen LogP contribution < -0.4 is 0 Å². The third-order valence-electron chi connectivity index (χ3n) is 2.12. The fourth-order valence-electron chi connectivity index (χ4n) is 1.04. The van der Waals surface area contributed by atoms with Crippen LogP contribution in [-0.4, -0.2) is 21.8 Å². The molecule has 1 aromatic heterocycles. The number of aliphatic carboxylic acids is 1. The topological polar surface area (TPSA) is 74.0 Å². The summed E-state index contributed by atoms with van der Waals surface area (Å²) in [6.07, 6.45) is 0.767. The smallest absolute Gasteiger partial charge is 0.309 e. The van der Waals surface area contributed by atoms with Gasteiger partial charge in [-0.05, 0) is 20.3 Å². The SMILES string of the molecule is CC(C)(C#N)CCSc1nc(CC(=O)O)cs1. The van der Waals surface area contributed by atoms with E-state index in [4.69, 9.17) is 10.4 Å². The Morgan fingerprint density at radius 3 is 3.00 bits per heavy atom. The minimum absolute atomic E-state index is 0.0270. The molecule has 0 amide bonds. The van der Waals surface area contributed by atoms with Crippen LogP contribution in [0.5, 0.6) is 0 Å². The number of hydrogen-bond acceptors (Lipinski definition) is 5. The summed E-state index contributed by atoms with van der Waals surface area (Å²) in [5.74, 6) is -0.0434. The molecular weight excluding hydrogens is 256 g/mol. The third kappa shape index (κ3) is 5.20. The average molecular weight is 270 g/mol. The molecule has 0 fully saturated rings. The van der Waals surface area contributed by atoms with E-state index in [0.29, 0.717) is 5.69 Å². The van der Waals surface area contributed by atoms with Crippen LogP contribution in [0.2, 0.25) is 0 Å². The second-order valence-electron chi connectivity index (χ2n) is 4.27. The molecule has 0 radical (unpaired) electrons. The summed E-state index contributed by atoms with van der Waals surface area (Å²) in [4.78, 5) is 14.7. The van der Waals surface area contributed by atoms with Crippen molar-refractivity contribution in [2.24, 2.45) is 5.41 Å². The van der Waals surface area contributed by atoms with Gasteiger partial charge < -0.3 is 5.11 Å². The van der Waals surface area contributed by atoms with Crippen LogP contribution in [0.4, 0.5) is 0 Å². The maximum absolute atomic E-state index is 10.5. The quantitative estimate of drug-likeness (QED) is 0.804. The summed E-state index contributed by atoms with van der Waals surface area (Å²) in [6, 6.07) is 2.25. The Hall–Kier alpha value is -1.06. The number of nitriles is 1. The van der Waals surface area contributed by atoms with Crippen LogP contribution in [0.25, 0.3) is 0 Å². The summed E-state index contributed by atoms with van der Waals surface area (Å²) in [5, 5.41) is 19.2. The van der Waals surface area contributed by atoms with Crippen molar-refractivity contribution in [2.75, 3.05) is 5.75 Å². The normalized spacial score (nSPS) is 11.1. The Bertz CT molecular complexity index is 435. The van der Waals surface area contributed by atoms with E-state index >= 15 is 0 Å². The van der Waals surface area contributed by atoms with Crippen LogP contribution in [0.1, 0.15) is 26.0 Å². The summed E-state index contributed by atoms with van der Waals surface area (Å²) in [7, 11) is 0. The van der Waals surface area contributed by atoms with E-state index in [1.165, 1.54) is 11.3 Å². The van der Waals surface area contributed by atoms with Gasteiger partial charge in [-0.2, -0.15) is 5.26 Å². The molecule has 17 heavy (non-hydrogen) atoms. The molecule has 0 atom stereocenters. The lowest BCUT2D eigenvalue weighted by molar-refractivity contribution is -0.136. The lowest BCUT2D eigenvalue weighted by Crippen LogP contribution is -2.08. The van der Waals surface area contributed by atoms with E-state index in [2.05, 4.69) is 11.1 Å². The van der Waals surface area contributed by atoms with Crippen molar-refractivity contribution in [2.45, 2.75) is 31.0 Å². The zero-order valence-corrected chi connectivity index (χ0v) is 11.4. The highest BCUT2D eigenvalue weighted by Gasteiger charge is 2.16. The van der Waals surface area contributed by atoms with Gasteiger partial charge in [0.2, 0.25) is 0 Å². The van der Waals surface area contributed by atoms with E-state index < -0.39 is 5.97 Å². The first-order chi connectivity index (χ1) is 7.93. The number of aromatic nitrogens is 1. The number of nitrogens with zero attached hydrogens (tertiary/aromatic N) is 2. The number of thioether (sulfide) groups is 1. The standard InChI is InChI=1S/C11H14N2O2S2/c1-11(2,7-12)3-4-16-10-13-8(6-17-10)5-9(14)15/h6H,3-5H2,1-2H3,(H,14,15). The molecule has 1 heterocycles. The zero-order chi connectivity index (χ0) is 12.9. The molecule has 0 aliphatic carbocycles. The fraction of sp³-hybridized carbons (Fsp3) is 0.545. The van der Waals surface area contributed by atoms with Gasteiger partial charge in [0.15, 0.2) is 0 Å². The number of carboxylic acid groups (broad SMARTS) is 1. The number of thiazole rings is 1. The third-order valence-corrected chi connectivity index (χ3v) is 4.19. The second-order valence-corrected chi connectivity index (χ2v) is 6.47. The average Bonchev–Trinajstić information content (AvgIpc) is 2.64. The first-order valence-electron chi connectivity index (χ1n) is 5.13. The van der Waals surface area contributed by atoms with Crippen molar-refractivity contribution in [3.8, 4) is 6.07 Å². The van der Waals surface area contributed by atoms with Crippen LogP contribution in [0, 0.1) is 16.7 Å². The summed E-state index contributed by atoms with van der Waals surface area (Å²) >= 11 is 3.03. The second kappa shape index (κ2) is 6.03. The Morgan fingerprint density at radius 2 is 2.41 bits per heavy atom. The number of carboxylic acids is 1. The van der Waals surface area contributed by atoms with Crippen molar-refractivity contribution < 1.29 is 9.90 Å². The summed E-state index contributed by atoms with van der Waals surface area (Å²) < 4.78 is 0.870. The Balaban J connectivity index is 2.40. The largest absolute Gasteiger partial charge is 0.481 e. The molecule has 4 nitrogen and oxygen atoms in total. The highest BCUT2D eigenvalue weighted by atomic mass is 32.2.